The lowest BCUT2D eigenvalue weighted by molar-refractivity contribution is -0.117. The van der Waals surface area contributed by atoms with Gasteiger partial charge in [0, 0.05) is 21.5 Å². The summed E-state index contributed by atoms with van der Waals surface area (Å²) >= 11 is 3.45. The molecule has 2 heterocycles. The largest absolute Gasteiger partial charge is 0.349 e. The first-order valence-corrected chi connectivity index (χ1v) is 10.1. The number of hydrogen-bond donors (Lipinski definition) is 1. The maximum Gasteiger partial charge on any atom is 0.257 e. The van der Waals surface area contributed by atoms with Gasteiger partial charge in [0.2, 0.25) is 0 Å². The number of amides is 1. The second kappa shape index (κ2) is 7.58. The Labute approximate surface area is 152 Å². The van der Waals surface area contributed by atoms with Crippen LogP contribution in [-0.4, -0.2) is 11.9 Å². The number of nitrogens with one attached hydrogen (secondary N) is 1. The summed E-state index contributed by atoms with van der Waals surface area (Å²) in [7, 11) is 0. The maximum absolute atomic E-state index is 12.5. The molecule has 2 aromatic rings. The van der Waals surface area contributed by atoms with Crippen LogP contribution in [0.2, 0.25) is 0 Å². The van der Waals surface area contributed by atoms with Crippen molar-refractivity contribution in [1.82, 2.24) is 5.32 Å². The van der Waals surface area contributed by atoms with Gasteiger partial charge in [0.15, 0.2) is 0 Å². The summed E-state index contributed by atoms with van der Waals surface area (Å²) in [6.45, 7) is 6.41. The molecule has 126 valence electrons. The maximum atomic E-state index is 12.5. The lowest BCUT2D eigenvalue weighted by atomic mass is 10.1. The molecule has 0 radical (unpaired) electrons. The van der Waals surface area contributed by atoms with Gasteiger partial charge >= 0.3 is 0 Å². The minimum Gasteiger partial charge on any atom is -0.349 e. The first-order chi connectivity index (χ1) is 11.5. The van der Waals surface area contributed by atoms with Crippen molar-refractivity contribution in [2.75, 3.05) is 0 Å². The third kappa shape index (κ3) is 3.93. The van der Waals surface area contributed by atoms with Crippen LogP contribution in [0.1, 0.15) is 39.8 Å². The molecule has 4 heteroatoms. The Morgan fingerprint density at radius 3 is 2.75 bits per heavy atom. The van der Waals surface area contributed by atoms with E-state index in [2.05, 4.69) is 56.4 Å². The van der Waals surface area contributed by atoms with E-state index >= 15 is 0 Å². The van der Waals surface area contributed by atoms with E-state index in [-0.39, 0.29) is 11.9 Å². The van der Waals surface area contributed by atoms with Crippen molar-refractivity contribution in [3.63, 3.8) is 0 Å². The fourth-order valence-electron chi connectivity index (χ4n) is 2.83. The van der Waals surface area contributed by atoms with Crippen molar-refractivity contribution in [3.8, 4) is 0 Å². The Bertz CT molecular complexity index is 761. The van der Waals surface area contributed by atoms with Gasteiger partial charge in [-0.2, -0.15) is 0 Å². The number of thioether (sulfide) groups is 1. The van der Waals surface area contributed by atoms with E-state index < -0.39 is 0 Å². The summed E-state index contributed by atoms with van der Waals surface area (Å²) in [4.78, 5) is 16.0. The minimum atomic E-state index is 0.0647. The average Bonchev–Trinajstić information content (AvgIpc) is 2.88. The lowest BCUT2D eigenvalue weighted by Crippen LogP contribution is -2.33. The number of rotatable bonds is 5. The van der Waals surface area contributed by atoms with Gasteiger partial charge < -0.3 is 5.32 Å². The van der Waals surface area contributed by atoms with Crippen molar-refractivity contribution in [3.05, 3.63) is 61.7 Å². The highest BCUT2D eigenvalue weighted by atomic mass is 32.2. The molecule has 2 nitrogen and oxygen atoms in total. The van der Waals surface area contributed by atoms with Gasteiger partial charge in [-0.15, -0.1) is 23.1 Å². The predicted molar refractivity (Wildman–Crippen MR) is 105 cm³/mol. The summed E-state index contributed by atoms with van der Waals surface area (Å²) in [5.41, 5.74) is 4.10. The fraction of sp³-hybridized carbons (Fsp3) is 0.350. The summed E-state index contributed by atoms with van der Waals surface area (Å²) in [6.07, 6.45) is 4.01. The van der Waals surface area contributed by atoms with Crippen LogP contribution in [0.4, 0.5) is 0 Å². The molecule has 0 spiro atoms. The zero-order chi connectivity index (χ0) is 17.1. The third-order valence-electron chi connectivity index (χ3n) is 4.49. The van der Waals surface area contributed by atoms with Gasteiger partial charge in [-0.25, -0.2) is 0 Å². The van der Waals surface area contributed by atoms with Crippen LogP contribution in [0.15, 0.2) is 35.2 Å². The molecule has 0 saturated carbocycles. The lowest BCUT2D eigenvalue weighted by Gasteiger charge is -2.17. The summed E-state index contributed by atoms with van der Waals surface area (Å²) in [5.74, 6) is 0.971. The molecule has 1 aliphatic rings. The topological polar surface area (TPSA) is 29.1 Å². The molecule has 1 aromatic carbocycles. The van der Waals surface area contributed by atoms with Crippen LogP contribution in [-0.2, 0) is 17.0 Å². The standard InChI is InChI=1S/C20H23NOS2/c1-13(9-10-16-7-5-4-6-8-16)21-20(22)19-11-18-17(12-23-19)14(2)15(3)24-18/h4-8,11,13H,9-10,12H2,1-3H3,(H,21,22)/t13-/m1/s1. The van der Waals surface area contributed by atoms with E-state index in [1.807, 2.05) is 6.07 Å². The van der Waals surface area contributed by atoms with Crippen molar-refractivity contribution in [1.29, 1.82) is 0 Å². The summed E-state index contributed by atoms with van der Waals surface area (Å²) < 4.78 is 0. The number of carbonyl (C=O) groups excluding carboxylic acids is 1. The molecular formula is C20H23NOS2. The summed E-state index contributed by atoms with van der Waals surface area (Å²) in [6, 6.07) is 10.6. The molecule has 1 aliphatic heterocycles. The monoisotopic (exact) mass is 357 g/mol. The number of fused-ring (bicyclic) bond motifs is 1. The van der Waals surface area contributed by atoms with E-state index in [1.54, 1.807) is 23.1 Å². The van der Waals surface area contributed by atoms with Gasteiger partial charge in [-0.3, -0.25) is 4.79 Å². The first-order valence-electron chi connectivity index (χ1n) is 8.32. The molecule has 24 heavy (non-hydrogen) atoms. The van der Waals surface area contributed by atoms with Crippen LogP contribution in [0.3, 0.4) is 0 Å². The zero-order valence-electron chi connectivity index (χ0n) is 14.4. The quantitative estimate of drug-likeness (QED) is 0.807. The van der Waals surface area contributed by atoms with E-state index in [1.165, 1.54) is 26.4 Å². The zero-order valence-corrected chi connectivity index (χ0v) is 16.0. The highest BCUT2D eigenvalue weighted by Crippen LogP contribution is 2.39. The number of carbonyl (C=O) groups is 1. The van der Waals surface area contributed by atoms with Gasteiger partial charge in [-0.05, 0) is 56.4 Å². The van der Waals surface area contributed by atoms with E-state index in [4.69, 9.17) is 0 Å². The number of aryl methyl sites for hydroxylation is 2. The minimum absolute atomic E-state index is 0.0647. The molecule has 0 aliphatic carbocycles. The normalized spacial score (nSPS) is 14.7. The van der Waals surface area contributed by atoms with Crippen LogP contribution < -0.4 is 5.32 Å². The Morgan fingerprint density at radius 1 is 1.25 bits per heavy atom. The number of hydrogen-bond acceptors (Lipinski definition) is 3. The van der Waals surface area contributed by atoms with E-state index in [0.29, 0.717) is 0 Å². The first kappa shape index (κ1) is 17.3. The molecule has 3 rings (SSSR count). The molecular weight excluding hydrogens is 334 g/mol. The van der Waals surface area contributed by atoms with Crippen molar-refractivity contribution < 1.29 is 4.79 Å². The highest BCUT2D eigenvalue weighted by molar-refractivity contribution is 8.03. The number of thiophene rings is 1. The Hall–Kier alpha value is -1.52. The smallest absolute Gasteiger partial charge is 0.257 e. The molecule has 1 aromatic heterocycles. The SMILES string of the molecule is Cc1sc2c(c1C)CSC(C(=O)N[C@H](C)CCc1ccccc1)=C2. The van der Waals surface area contributed by atoms with Crippen molar-refractivity contribution in [2.45, 2.75) is 45.4 Å². The van der Waals surface area contributed by atoms with Crippen molar-refractivity contribution in [2.24, 2.45) is 0 Å². The molecule has 0 unspecified atom stereocenters. The molecule has 1 atom stereocenters. The van der Waals surface area contributed by atoms with Crippen LogP contribution in [0, 0.1) is 13.8 Å². The second-order valence-electron chi connectivity index (χ2n) is 6.32. The summed E-state index contributed by atoms with van der Waals surface area (Å²) in [5, 5.41) is 3.15. The van der Waals surface area contributed by atoms with Crippen molar-refractivity contribution >= 4 is 35.1 Å². The Kier molecular flexibility index (Phi) is 5.47. The number of benzene rings is 1. The van der Waals surface area contributed by atoms with E-state index in [9.17, 15) is 4.79 Å². The van der Waals surface area contributed by atoms with Crippen LogP contribution in [0.5, 0.6) is 0 Å². The average molecular weight is 358 g/mol. The van der Waals surface area contributed by atoms with Crippen LogP contribution in [0.25, 0.3) is 6.08 Å². The Balaban J connectivity index is 1.58. The Morgan fingerprint density at radius 2 is 2.00 bits per heavy atom. The van der Waals surface area contributed by atoms with Gasteiger partial charge in [-0.1, -0.05) is 30.3 Å². The predicted octanol–water partition coefficient (Wildman–Crippen LogP) is 5.09. The fourth-order valence-corrected chi connectivity index (χ4v) is 5.19. The van der Waals surface area contributed by atoms with Gasteiger partial charge in [0.1, 0.15) is 0 Å². The molecule has 1 N–H and O–H groups in total. The van der Waals surface area contributed by atoms with Gasteiger partial charge in [0.25, 0.3) is 5.91 Å². The third-order valence-corrected chi connectivity index (χ3v) is 6.73. The molecule has 0 fully saturated rings. The van der Waals surface area contributed by atoms with Crippen LogP contribution >= 0.6 is 23.1 Å². The molecule has 0 bridgehead atoms. The molecule has 0 saturated heterocycles. The van der Waals surface area contributed by atoms with E-state index in [0.717, 1.165) is 23.5 Å². The van der Waals surface area contributed by atoms with Gasteiger partial charge in [0.05, 0.1) is 4.91 Å². The highest BCUT2D eigenvalue weighted by Gasteiger charge is 2.21. The second-order valence-corrected chi connectivity index (χ2v) is 8.60. The molecule has 1 amide bonds.